The Balaban J connectivity index is 2.10. The summed E-state index contributed by atoms with van der Waals surface area (Å²) in [6.45, 7) is 2.26. The van der Waals surface area contributed by atoms with Gasteiger partial charge in [0.15, 0.2) is 0 Å². The molecule has 2 nitrogen and oxygen atoms in total. The van der Waals surface area contributed by atoms with E-state index in [1.54, 1.807) is 0 Å². The van der Waals surface area contributed by atoms with E-state index in [0.29, 0.717) is 5.92 Å². The number of rotatable bonds is 10. The van der Waals surface area contributed by atoms with Crippen LogP contribution in [0.3, 0.4) is 0 Å². The van der Waals surface area contributed by atoms with Crippen molar-refractivity contribution in [1.82, 2.24) is 0 Å². The highest BCUT2D eigenvalue weighted by molar-refractivity contribution is 5.70. The third-order valence-corrected chi connectivity index (χ3v) is 4.90. The average molecular weight is 282 g/mol. The molecule has 20 heavy (non-hydrogen) atoms. The largest absolute Gasteiger partial charge is 0.481 e. The lowest BCUT2D eigenvalue weighted by molar-refractivity contribution is -0.144. The molecule has 0 amide bonds. The van der Waals surface area contributed by atoms with Crippen molar-refractivity contribution < 1.29 is 9.90 Å². The summed E-state index contributed by atoms with van der Waals surface area (Å²) in [6, 6.07) is 0. The van der Waals surface area contributed by atoms with Crippen LogP contribution < -0.4 is 0 Å². The maximum Gasteiger partial charge on any atom is 0.306 e. The molecule has 2 unspecified atom stereocenters. The summed E-state index contributed by atoms with van der Waals surface area (Å²) in [4.78, 5) is 11.4. The lowest BCUT2D eigenvalue weighted by Gasteiger charge is -2.21. The summed E-state index contributed by atoms with van der Waals surface area (Å²) in [5.74, 6) is -0.145. The second kappa shape index (κ2) is 11.2. The first-order chi connectivity index (χ1) is 9.75. The smallest absolute Gasteiger partial charge is 0.306 e. The molecule has 1 aliphatic rings. The van der Waals surface area contributed by atoms with Crippen molar-refractivity contribution >= 4 is 5.97 Å². The minimum absolute atomic E-state index is 0.0537. The molecule has 0 saturated heterocycles. The number of aliphatic carboxylic acids is 1. The van der Waals surface area contributed by atoms with Gasteiger partial charge in [-0.15, -0.1) is 0 Å². The van der Waals surface area contributed by atoms with Gasteiger partial charge >= 0.3 is 5.97 Å². The van der Waals surface area contributed by atoms with Crippen molar-refractivity contribution in [2.75, 3.05) is 0 Å². The molecule has 0 aromatic rings. The Morgan fingerprint density at radius 1 is 0.900 bits per heavy atom. The summed E-state index contributed by atoms with van der Waals surface area (Å²) in [5, 5.41) is 9.36. The molecular formula is C18H34O2. The summed E-state index contributed by atoms with van der Waals surface area (Å²) >= 11 is 0. The van der Waals surface area contributed by atoms with Crippen molar-refractivity contribution in [3.8, 4) is 0 Å². The Morgan fingerprint density at radius 3 is 2.15 bits per heavy atom. The predicted octanol–water partition coefficient (Wildman–Crippen LogP) is 5.80. The quantitative estimate of drug-likeness (QED) is 0.406. The molecule has 1 saturated carbocycles. The van der Waals surface area contributed by atoms with Gasteiger partial charge in [0.2, 0.25) is 0 Å². The van der Waals surface area contributed by atoms with Gasteiger partial charge in [-0.3, -0.25) is 4.79 Å². The van der Waals surface area contributed by atoms with Gasteiger partial charge in [-0.1, -0.05) is 77.6 Å². The van der Waals surface area contributed by atoms with Crippen LogP contribution in [-0.2, 0) is 4.79 Å². The average Bonchev–Trinajstić information content (AvgIpc) is 2.67. The van der Waals surface area contributed by atoms with Gasteiger partial charge in [0.25, 0.3) is 0 Å². The number of carboxylic acid groups (broad SMARTS) is 1. The Hall–Kier alpha value is -0.530. The standard InChI is InChI=1S/C18H34O2/c1-2-3-4-5-6-7-8-10-13-16-14-11-9-12-15-17(16)18(19)20/h16-17H,2-15H2,1H3,(H,19,20). The zero-order chi connectivity index (χ0) is 14.6. The van der Waals surface area contributed by atoms with Crippen LogP contribution in [0.4, 0.5) is 0 Å². The summed E-state index contributed by atoms with van der Waals surface area (Å²) in [6.07, 6.45) is 17.5. The first-order valence-electron chi connectivity index (χ1n) is 8.98. The molecule has 118 valence electrons. The first kappa shape index (κ1) is 17.5. The van der Waals surface area contributed by atoms with Gasteiger partial charge in [-0.2, -0.15) is 0 Å². The predicted molar refractivity (Wildman–Crippen MR) is 84.9 cm³/mol. The molecule has 1 rings (SSSR count). The number of carbonyl (C=O) groups is 1. The lowest BCUT2D eigenvalue weighted by atomic mass is 9.84. The van der Waals surface area contributed by atoms with Gasteiger partial charge in [0, 0.05) is 0 Å². The second-order valence-electron chi connectivity index (χ2n) is 6.61. The third-order valence-electron chi connectivity index (χ3n) is 4.90. The van der Waals surface area contributed by atoms with Crippen LogP contribution in [-0.4, -0.2) is 11.1 Å². The SMILES string of the molecule is CCCCCCCCCCC1CCCCCC1C(=O)O. The van der Waals surface area contributed by atoms with Crippen LogP contribution in [0.1, 0.15) is 96.8 Å². The highest BCUT2D eigenvalue weighted by atomic mass is 16.4. The van der Waals surface area contributed by atoms with E-state index >= 15 is 0 Å². The van der Waals surface area contributed by atoms with Crippen LogP contribution >= 0.6 is 0 Å². The van der Waals surface area contributed by atoms with Gasteiger partial charge in [0.05, 0.1) is 5.92 Å². The maximum absolute atomic E-state index is 11.4. The van der Waals surface area contributed by atoms with E-state index in [-0.39, 0.29) is 5.92 Å². The molecule has 1 N–H and O–H groups in total. The van der Waals surface area contributed by atoms with Crippen LogP contribution in [0, 0.1) is 11.8 Å². The minimum atomic E-state index is -0.545. The van der Waals surface area contributed by atoms with Crippen LogP contribution in [0.25, 0.3) is 0 Å². The topological polar surface area (TPSA) is 37.3 Å². The number of hydrogen-bond acceptors (Lipinski definition) is 1. The van der Waals surface area contributed by atoms with Crippen molar-refractivity contribution in [3.05, 3.63) is 0 Å². The fourth-order valence-corrected chi connectivity index (χ4v) is 3.60. The normalized spacial score (nSPS) is 23.4. The molecule has 0 aliphatic heterocycles. The van der Waals surface area contributed by atoms with Gasteiger partial charge in [-0.25, -0.2) is 0 Å². The number of hydrogen-bond donors (Lipinski definition) is 1. The Morgan fingerprint density at radius 2 is 1.50 bits per heavy atom. The Kier molecular flexibility index (Phi) is 9.78. The zero-order valence-electron chi connectivity index (χ0n) is 13.4. The molecule has 0 bridgehead atoms. The van der Waals surface area contributed by atoms with E-state index in [1.165, 1.54) is 64.2 Å². The van der Waals surface area contributed by atoms with E-state index in [2.05, 4.69) is 6.92 Å². The third kappa shape index (κ3) is 7.31. The summed E-state index contributed by atoms with van der Waals surface area (Å²) in [7, 11) is 0. The maximum atomic E-state index is 11.4. The van der Waals surface area contributed by atoms with Crippen LogP contribution in [0.2, 0.25) is 0 Å². The molecule has 0 heterocycles. The lowest BCUT2D eigenvalue weighted by Crippen LogP contribution is -2.22. The highest BCUT2D eigenvalue weighted by Gasteiger charge is 2.28. The van der Waals surface area contributed by atoms with E-state index in [9.17, 15) is 9.90 Å². The second-order valence-corrected chi connectivity index (χ2v) is 6.61. The van der Waals surface area contributed by atoms with Crippen molar-refractivity contribution in [2.24, 2.45) is 11.8 Å². The van der Waals surface area contributed by atoms with E-state index in [4.69, 9.17) is 0 Å². The van der Waals surface area contributed by atoms with Gasteiger partial charge < -0.3 is 5.11 Å². The van der Waals surface area contributed by atoms with E-state index < -0.39 is 5.97 Å². The minimum Gasteiger partial charge on any atom is -0.481 e. The molecule has 2 heteroatoms. The van der Waals surface area contributed by atoms with Crippen molar-refractivity contribution in [3.63, 3.8) is 0 Å². The molecule has 1 fully saturated rings. The summed E-state index contributed by atoms with van der Waals surface area (Å²) in [5.41, 5.74) is 0. The fraction of sp³-hybridized carbons (Fsp3) is 0.944. The van der Waals surface area contributed by atoms with Crippen molar-refractivity contribution in [2.45, 2.75) is 96.8 Å². The molecule has 0 aromatic carbocycles. The Bertz CT molecular complexity index is 250. The molecule has 0 aromatic heterocycles. The zero-order valence-corrected chi connectivity index (χ0v) is 13.4. The van der Waals surface area contributed by atoms with E-state index in [0.717, 1.165) is 25.7 Å². The molecule has 0 radical (unpaired) electrons. The van der Waals surface area contributed by atoms with Gasteiger partial charge in [-0.05, 0) is 25.2 Å². The van der Waals surface area contributed by atoms with E-state index in [1.807, 2.05) is 0 Å². The van der Waals surface area contributed by atoms with Crippen molar-refractivity contribution in [1.29, 1.82) is 0 Å². The number of unbranched alkanes of at least 4 members (excludes halogenated alkanes) is 7. The molecule has 2 atom stereocenters. The molecule has 0 spiro atoms. The fourth-order valence-electron chi connectivity index (χ4n) is 3.60. The highest BCUT2D eigenvalue weighted by Crippen LogP contribution is 2.32. The summed E-state index contributed by atoms with van der Waals surface area (Å²) < 4.78 is 0. The first-order valence-corrected chi connectivity index (χ1v) is 8.98. The molecular weight excluding hydrogens is 248 g/mol. The van der Waals surface area contributed by atoms with Crippen LogP contribution in [0.5, 0.6) is 0 Å². The molecule has 1 aliphatic carbocycles. The van der Waals surface area contributed by atoms with Gasteiger partial charge in [0.1, 0.15) is 0 Å². The number of carboxylic acids is 1. The monoisotopic (exact) mass is 282 g/mol. The van der Waals surface area contributed by atoms with Crippen LogP contribution in [0.15, 0.2) is 0 Å². The Labute approximate surface area is 125 Å².